The highest BCUT2D eigenvalue weighted by Gasteiger charge is 2.04. The van der Waals surface area contributed by atoms with E-state index in [-0.39, 0.29) is 0 Å². The van der Waals surface area contributed by atoms with Crippen LogP contribution in [0.3, 0.4) is 0 Å². The lowest BCUT2D eigenvalue weighted by molar-refractivity contribution is 0.482. The summed E-state index contributed by atoms with van der Waals surface area (Å²) in [6.07, 6.45) is 3.65. The van der Waals surface area contributed by atoms with E-state index in [9.17, 15) is 0 Å². The van der Waals surface area contributed by atoms with E-state index in [0.29, 0.717) is 6.04 Å². The molecule has 1 aromatic heterocycles. The maximum atomic E-state index is 5.80. The molecule has 2 aromatic carbocycles. The van der Waals surface area contributed by atoms with Crippen LogP contribution in [-0.4, -0.2) is 4.98 Å². The minimum atomic E-state index is 0.290. The molecule has 1 heterocycles. The molecule has 0 fully saturated rings. The second-order valence-electron chi connectivity index (χ2n) is 5.44. The van der Waals surface area contributed by atoms with Gasteiger partial charge in [-0.1, -0.05) is 30.3 Å². The van der Waals surface area contributed by atoms with E-state index < -0.39 is 0 Å². The van der Waals surface area contributed by atoms with Gasteiger partial charge in [0.15, 0.2) is 0 Å². The molecule has 0 unspecified atom stereocenters. The molecule has 0 aliphatic rings. The average molecular weight is 304 g/mol. The van der Waals surface area contributed by atoms with E-state index in [4.69, 9.17) is 4.74 Å². The SMILES string of the molecule is C[C@H](NCc1ccc(Oc2ccccc2)cc1)c1ccncc1. The van der Waals surface area contributed by atoms with Gasteiger partial charge in [-0.15, -0.1) is 0 Å². The van der Waals surface area contributed by atoms with Gasteiger partial charge in [0.05, 0.1) is 0 Å². The molecular weight excluding hydrogens is 284 g/mol. The topological polar surface area (TPSA) is 34.1 Å². The number of hydrogen-bond acceptors (Lipinski definition) is 3. The third kappa shape index (κ3) is 4.41. The third-order valence-corrected chi connectivity index (χ3v) is 3.72. The summed E-state index contributed by atoms with van der Waals surface area (Å²) in [7, 11) is 0. The quantitative estimate of drug-likeness (QED) is 0.715. The summed E-state index contributed by atoms with van der Waals surface area (Å²) in [6, 6.07) is 22.4. The summed E-state index contributed by atoms with van der Waals surface area (Å²) in [4.78, 5) is 4.05. The van der Waals surface area contributed by atoms with Crippen LogP contribution in [0.25, 0.3) is 0 Å². The number of ether oxygens (including phenoxy) is 1. The first-order chi connectivity index (χ1) is 11.3. The molecule has 0 saturated carbocycles. The molecule has 0 bridgehead atoms. The van der Waals surface area contributed by atoms with Gasteiger partial charge in [-0.3, -0.25) is 4.98 Å². The number of nitrogens with one attached hydrogen (secondary N) is 1. The number of pyridine rings is 1. The van der Waals surface area contributed by atoms with Gasteiger partial charge in [0.25, 0.3) is 0 Å². The van der Waals surface area contributed by atoms with Gasteiger partial charge < -0.3 is 10.1 Å². The number of hydrogen-bond donors (Lipinski definition) is 1. The second kappa shape index (κ2) is 7.56. The molecule has 3 aromatic rings. The summed E-state index contributed by atoms with van der Waals surface area (Å²) in [5.74, 6) is 1.70. The van der Waals surface area contributed by atoms with Crippen LogP contribution in [0.1, 0.15) is 24.1 Å². The van der Waals surface area contributed by atoms with Crippen LogP contribution in [0.5, 0.6) is 11.5 Å². The Kier molecular flexibility index (Phi) is 5.02. The van der Waals surface area contributed by atoms with Crippen LogP contribution >= 0.6 is 0 Å². The molecule has 0 amide bonds. The van der Waals surface area contributed by atoms with Gasteiger partial charge >= 0.3 is 0 Å². The third-order valence-electron chi connectivity index (χ3n) is 3.72. The molecule has 1 N–H and O–H groups in total. The zero-order valence-electron chi connectivity index (χ0n) is 13.1. The highest BCUT2D eigenvalue weighted by Crippen LogP contribution is 2.21. The Hall–Kier alpha value is -2.65. The predicted molar refractivity (Wildman–Crippen MR) is 92.4 cm³/mol. The van der Waals surface area contributed by atoms with Gasteiger partial charge in [0.1, 0.15) is 11.5 Å². The molecule has 0 radical (unpaired) electrons. The first-order valence-corrected chi connectivity index (χ1v) is 7.76. The fourth-order valence-electron chi connectivity index (χ4n) is 2.34. The van der Waals surface area contributed by atoms with Crippen LogP contribution < -0.4 is 10.1 Å². The smallest absolute Gasteiger partial charge is 0.127 e. The number of rotatable bonds is 6. The lowest BCUT2D eigenvalue weighted by Gasteiger charge is -2.14. The maximum absolute atomic E-state index is 5.80. The van der Waals surface area contributed by atoms with E-state index in [0.717, 1.165) is 18.0 Å². The fraction of sp³-hybridized carbons (Fsp3) is 0.150. The largest absolute Gasteiger partial charge is 0.457 e. The molecule has 3 heteroatoms. The number of aromatic nitrogens is 1. The van der Waals surface area contributed by atoms with Crippen molar-refractivity contribution in [2.75, 3.05) is 0 Å². The van der Waals surface area contributed by atoms with E-state index in [1.165, 1.54) is 11.1 Å². The minimum Gasteiger partial charge on any atom is -0.457 e. The van der Waals surface area contributed by atoms with Crippen molar-refractivity contribution < 1.29 is 4.74 Å². The molecule has 3 nitrogen and oxygen atoms in total. The average Bonchev–Trinajstić information content (AvgIpc) is 2.62. The van der Waals surface area contributed by atoms with E-state index in [1.54, 1.807) is 0 Å². The molecule has 0 aliphatic carbocycles. The standard InChI is InChI=1S/C20H20N2O/c1-16(18-11-13-21-14-12-18)22-15-17-7-9-20(10-8-17)23-19-5-3-2-4-6-19/h2-14,16,22H,15H2,1H3/t16-/m0/s1. The van der Waals surface area contributed by atoms with Gasteiger partial charge in [0, 0.05) is 25.0 Å². The number of para-hydroxylation sites is 1. The molecular formula is C20H20N2O. The lowest BCUT2D eigenvalue weighted by Crippen LogP contribution is -2.17. The maximum Gasteiger partial charge on any atom is 0.127 e. The Bertz CT molecular complexity index is 712. The Morgan fingerprint density at radius 1 is 0.870 bits per heavy atom. The lowest BCUT2D eigenvalue weighted by atomic mass is 10.1. The van der Waals surface area contributed by atoms with Crippen molar-refractivity contribution in [1.82, 2.24) is 10.3 Å². The summed E-state index contributed by atoms with van der Waals surface area (Å²) < 4.78 is 5.80. The van der Waals surface area contributed by atoms with Crippen LogP contribution in [0, 0.1) is 0 Å². The Morgan fingerprint density at radius 2 is 1.52 bits per heavy atom. The molecule has 116 valence electrons. The molecule has 0 spiro atoms. The fourth-order valence-corrected chi connectivity index (χ4v) is 2.34. The van der Waals surface area contributed by atoms with Crippen molar-refractivity contribution in [1.29, 1.82) is 0 Å². The second-order valence-corrected chi connectivity index (χ2v) is 5.44. The van der Waals surface area contributed by atoms with E-state index in [1.807, 2.05) is 67.0 Å². The summed E-state index contributed by atoms with van der Waals surface area (Å²) >= 11 is 0. The minimum absolute atomic E-state index is 0.290. The van der Waals surface area contributed by atoms with Crippen molar-refractivity contribution in [2.24, 2.45) is 0 Å². The van der Waals surface area contributed by atoms with E-state index in [2.05, 4.69) is 29.4 Å². The molecule has 23 heavy (non-hydrogen) atoms. The molecule has 0 aliphatic heterocycles. The Labute approximate surface area is 137 Å². The zero-order valence-corrected chi connectivity index (χ0v) is 13.1. The van der Waals surface area contributed by atoms with Crippen LogP contribution in [0.15, 0.2) is 79.1 Å². The van der Waals surface area contributed by atoms with Crippen LogP contribution in [0.2, 0.25) is 0 Å². The summed E-state index contributed by atoms with van der Waals surface area (Å²) in [6.45, 7) is 2.97. The van der Waals surface area contributed by atoms with Gasteiger partial charge in [-0.2, -0.15) is 0 Å². The Morgan fingerprint density at radius 3 is 2.22 bits per heavy atom. The van der Waals surface area contributed by atoms with Gasteiger partial charge in [-0.05, 0) is 54.4 Å². The van der Waals surface area contributed by atoms with Crippen molar-refractivity contribution in [3.63, 3.8) is 0 Å². The summed E-state index contributed by atoms with van der Waals surface area (Å²) in [5.41, 5.74) is 2.47. The predicted octanol–water partition coefficient (Wildman–Crippen LogP) is 4.72. The molecule has 3 rings (SSSR count). The normalized spacial score (nSPS) is 11.9. The highest BCUT2D eigenvalue weighted by atomic mass is 16.5. The number of nitrogens with zero attached hydrogens (tertiary/aromatic N) is 1. The van der Waals surface area contributed by atoms with Gasteiger partial charge in [0.2, 0.25) is 0 Å². The van der Waals surface area contributed by atoms with Crippen molar-refractivity contribution >= 4 is 0 Å². The Balaban J connectivity index is 1.55. The summed E-state index contributed by atoms with van der Waals surface area (Å²) in [5, 5.41) is 3.52. The van der Waals surface area contributed by atoms with E-state index >= 15 is 0 Å². The van der Waals surface area contributed by atoms with Crippen LogP contribution in [-0.2, 0) is 6.54 Å². The van der Waals surface area contributed by atoms with Crippen molar-refractivity contribution in [2.45, 2.75) is 19.5 Å². The van der Waals surface area contributed by atoms with Crippen molar-refractivity contribution in [3.05, 3.63) is 90.3 Å². The van der Waals surface area contributed by atoms with Crippen LogP contribution in [0.4, 0.5) is 0 Å². The molecule has 0 saturated heterocycles. The zero-order chi connectivity index (χ0) is 15.9. The molecule has 1 atom stereocenters. The first-order valence-electron chi connectivity index (χ1n) is 7.76. The highest BCUT2D eigenvalue weighted by molar-refractivity contribution is 5.33. The number of benzene rings is 2. The first kappa shape index (κ1) is 15.3. The monoisotopic (exact) mass is 304 g/mol. The van der Waals surface area contributed by atoms with Gasteiger partial charge in [-0.25, -0.2) is 0 Å². The van der Waals surface area contributed by atoms with Crippen molar-refractivity contribution in [3.8, 4) is 11.5 Å².